The molecule has 5 heteroatoms. The van der Waals surface area contributed by atoms with Gasteiger partial charge in [0.2, 0.25) is 0 Å². The molecule has 2 N–H and O–H groups in total. The largest absolute Gasteiger partial charge is 0.376 e. The predicted octanol–water partition coefficient (Wildman–Crippen LogP) is 0.492. The van der Waals surface area contributed by atoms with E-state index in [9.17, 15) is 4.79 Å². The van der Waals surface area contributed by atoms with Crippen LogP contribution >= 0.6 is 0 Å². The molecule has 0 fully saturated rings. The predicted molar refractivity (Wildman–Crippen MR) is 67.2 cm³/mol. The second-order valence-electron chi connectivity index (χ2n) is 4.37. The molecule has 0 bridgehead atoms. The van der Waals surface area contributed by atoms with Crippen LogP contribution in [0.4, 0.5) is 0 Å². The van der Waals surface area contributed by atoms with Crippen LogP contribution in [0, 0.1) is 11.3 Å². The number of nitrogens with zero attached hydrogens (tertiary/aromatic N) is 1. The van der Waals surface area contributed by atoms with E-state index in [1.54, 1.807) is 0 Å². The van der Waals surface area contributed by atoms with Crippen LogP contribution < -0.4 is 10.9 Å². The molecule has 0 saturated carbocycles. The number of ether oxygens (including phenoxy) is 1. The average molecular weight is 247 g/mol. The zero-order valence-corrected chi connectivity index (χ0v) is 10.5. The zero-order chi connectivity index (χ0) is 13.0. The number of H-pyrrole nitrogens is 1. The van der Waals surface area contributed by atoms with Crippen molar-refractivity contribution in [3.8, 4) is 6.07 Å². The summed E-state index contributed by atoms with van der Waals surface area (Å²) in [6.45, 7) is 3.84. The van der Waals surface area contributed by atoms with Gasteiger partial charge in [-0.15, -0.1) is 0 Å². The number of hydrogen-bond acceptors (Lipinski definition) is 4. The Kier molecular flexibility index (Phi) is 4.13. The topological polar surface area (TPSA) is 77.9 Å². The molecule has 0 spiro atoms. The molecule has 1 atom stereocenters. The minimum atomic E-state index is -0.321. The molecule has 0 saturated heterocycles. The van der Waals surface area contributed by atoms with Gasteiger partial charge in [0.15, 0.2) is 0 Å². The molecular weight excluding hydrogens is 230 g/mol. The first-order valence-corrected chi connectivity index (χ1v) is 6.19. The molecule has 1 aliphatic rings. The molecule has 0 radical (unpaired) electrons. The van der Waals surface area contributed by atoms with Gasteiger partial charge in [0.1, 0.15) is 0 Å². The van der Waals surface area contributed by atoms with Crippen molar-refractivity contribution in [1.82, 2.24) is 10.3 Å². The molecule has 1 aliphatic heterocycles. The third kappa shape index (κ3) is 2.78. The number of pyridine rings is 1. The summed E-state index contributed by atoms with van der Waals surface area (Å²) in [4.78, 5) is 14.8. The Morgan fingerprint density at radius 2 is 2.50 bits per heavy atom. The number of aromatic nitrogens is 1. The van der Waals surface area contributed by atoms with Crippen LogP contribution in [0.2, 0.25) is 0 Å². The summed E-state index contributed by atoms with van der Waals surface area (Å²) in [6.07, 6.45) is 1.17. The molecule has 18 heavy (non-hydrogen) atoms. The van der Waals surface area contributed by atoms with E-state index in [1.807, 2.05) is 13.0 Å². The minimum Gasteiger partial charge on any atom is -0.376 e. The normalized spacial score (nSPS) is 15.8. The van der Waals surface area contributed by atoms with Crippen molar-refractivity contribution < 1.29 is 4.74 Å². The molecule has 0 amide bonds. The Bertz CT molecular complexity index is 516. The molecule has 1 aromatic rings. The van der Waals surface area contributed by atoms with E-state index < -0.39 is 0 Å². The summed E-state index contributed by atoms with van der Waals surface area (Å²) in [5.74, 6) is 0. The third-order valence-corrected chi connectivity index (χ3v) is 3.08. The second-order valence-corrected chi connectivity index (χ2v) is 4.37. The number of nitriles is 1. The standard InChI is InChI=1S/C13H17N3O2/c1-2-15-11(7-14)6-9-5-10-8-18-4-3-12(10)16-13(9)17/h5,11,15H,2-4,6,8H2,1H3,(H,16,17). The molecule has 0 aromatic carbocycles. The number of aromatic amines is 1. The van der Waals surface area contributed by atoms with Crippen molar-refractivity contribution in [2.75, 3.05) is 13.2 Å². The molecule has 0 aliphatic carbocycles. The molecule has 5 nitrogen and oxygen atoms in total. The molecule has 96 valence electrons. The van der Waals surface area contributed by atoms with E-state index in [2.05, 4.69) is 16.4 Å². The lowest BCUT2D eigenvalue weighted by Crippen LogP contribution is -2.32. The van der Waals surface area contributed by atoms with Gasteiger partial charge in [-0.05, 0) is 18.2 Å². The van der Waals surface area contributed by atoms with Crippen molar-refractivity contribution in [2.45, 2.75) is 32.4 Å². The highest BCUT2D eigenvalue weighted by Gasteiger charge is 2.15. The third-order valence-electron chi connectivity index (χ3n) is 3.08. The Labute approximate surface area is 106 Å². The lowest BCUT2D eigenvalue weighted by Gasteiger charge is -2.17. The van der Waals surface area contributed by atoms with E-state index in [0.29, 0.717) is 31.7 Å². The van der Waals surface area contributed by atoms with Crippen LogP contribution in [-0.4, -0.2) is 24.2 Å². The number of rotatable bonds is 4. The number of nitrogens with one attached hydrogen (secondary N) is 2. The zero-order valence-electron chi connectivity index (χ0n) is 10.5. The van der Waals surface area contributed by atoms with Crippen molar-refractivity contribution in [3.05, 3.63) is 33.2 Å². The van der Waals surface area contributed by atoms with Gasteiger partial charge in [0, 0.05) is 24.1 Å². The Morgan fingerprint density at radius 1 is 1.67 bits per heavy atom. The van der Waals surface area contributed by atoms with Gasteiger partial charge in [-0.25, -0.2) is 0 Å². The maximum atomic E-state index is 11.9. The highest BCUT2D eigenvalue weighted by atomic mass is 16.5. The number of fused-ring (bicyclic) bond motifs is 1. The number of hydrogen-bond donors (Lipinski definition) is 2. The molecule has 1 unspecified atom stereocenters. The lowest BCUT2D eigenvalue weighted by molar-refractivity contribution is 0.109. The van der Waals surface area contributed by atoms with Crippen LogP contribution in [-0.2, 0) is 24.2 Å². The SMILES string of the molecule is CCNC(C#N)Cc1cc2c([nH]c1=O)CCOC2. The van der Waals surface area contributed by atoms with E-state index >= 15 is 0 Å². The summed E-state index contributed by atoms with van der Waals surface area (Å²) >= 11 is 0. The summed E-state index contributed by atoms with van der Waals surface area (Å²) in [6, 6.07) is 3.71. The fourth-order valence-corrected chi connectivity index (χ4v) is 2.15. The highest BCUT2D eigenvalue weighted by Crippen LogP contribution is 2.14. The van der Waals surface area contributed by atoms with Gasteiger partial charge < -0.3 is 15.0 Å². The Balaban J connectivity index is 2.23. The monoisotopic (exact) mass is 247 g/mol. The molecular formula is C13H17N3O2. The van der Waals surface area contributed by atoms with Crippen molar-refractivity contribution in [2.24, 2.45) is 0 Å². The van der Waals surface area contributed by atoms with Crippen LogP contribution in [0.15, 0.2) is 10.9 Å². The van der Waals surface area contributed by atoms with E-state index in [1.165, 1.54) is 0 Å². The maximum Gasteiger partial charge on any atom is 0.251 e. The Morgan fingerprint density at radius 3 is 3.22 bits per heavy atom. The maximum absolute atomic E-state index is 11.9. The summed E-state index contributed by atoms with van der Waals surface area (Å²) in [5.41, 5.74) is 2.55. The first-order valence-electron chi connectivity index (χ1n) is 6.19. The molecule has 1 aromatic heterocycles. The summed E-state index contributed by atoms with van der Waals surface area (Å²) in [7, 11) is 0. The fourth-order valence-electron chi connectivity index (χ4n) is 2.15. The van der Waals surface area contributed by atoms with Crippen LogP contribution in [0.5, 0.6) is 0 Å². The van der Waals surface area contributed by atoms with Crippen LogP contribution in [0.1, 0.15) is 23.7 Å². The molecule has 2 heterocycles. The first-order chi connectivity index (χ1) is 8.74. The average Bonchev–Trinajstić information content (AvgIpc) is 2.39. The van der Waals surface area contributed by atoms with Gasteiger partial charge in [-0.2, -0.15) is 5.26 Å². The van der Waals surface area contributed by atoms with Crippen LogP contribution in [0.25, 0.3) is 0 Å². The van der Waals surface area contributed by atoms with Gasteiger partial charge >= 0.3 is 0 Å². The second kappa shape index (κ2) is 5.80. The summed E-state index contributed by atoms with van der Waals surface area (Å²) < 4.78 is 5.37. The van der Waals surface area contributed by atoms with E-state index in [0.717, 1.165) is 17.7 Å². The van der Waals surface area contributed by atoms with E-state index in [4.69, 9.17) is 10.00 Å². The Hall–Kier alpha value is -1.64. The smallest absolute Gasteiger partial charge is 0.251 e. The fraction of sp³-hybridized carbons (Fsp3) is 0.538. The van der Waals surface area contributed by atoms with Crippen molar-refractivity contribution in [1.29, 1.82) is 5.26 Å². The van der Waals surface area contributed by atoms with Crippen molar-refractivity contribution in [3.63, 3.8) is 0 Å². The van der Waals surface area contributed by atoms with Gasteiger partial charge in [-0.1, -0.05) is 6.92 Å². The van der Waals surface area contributed by atoms with Crippen LogP contribution in [0.3, 0.4) is 0 Å². The quantitative estimate of drug-likeness (QED) is 0.811. The van der Waals surface area contributed by atoms with Gasteiger partial charge in [-0.3, -0.25) is 4.79 Å². The highest BCUT2D eigenvalue weighted by molar-refractivity contribution is 5.27. The lowest BCUT2D eigenvalue weighted by atomic mass is 10.0. The van der Waals surface area contributed by atoms with Crippen molar-refractivity contribution >= 4 is 0 Å². The number of likely N-dealkylation sites (N-methyl/N-ethyl adjacent to an activating group) is 1. The van der Waals surface area contributed by atoms with E-state index in [-0.39, 0.29) is 11.6 Å². The van der Waals surface area contributed by atoms with Gasteiger partial charge in [0.05, 0.1) is 25.3 Å². The first kappa shape index (κ1) is 12.8. The van der Waals surface area contributed by atoms with Gasteiger partial charge in [0.25, 0.3) is 5.56 Å². The minimum absolute atomic E-state index is 0.0891. The molecule has 2 rings (SSSR count). The summed E-state index contributed by atoms with van der Waals surface area (Å²) in [5, 5.41) is 12.0.